The highest BCUT2D eigenvalue weighted by Crippen LogP contribution is 2.31. The topological polar surface area (TPSA) is 69.3 Å². The van der Waals surface area contributed by atoms with E-state index < -0.39 is 0 Å². The van der Waals surface area contributed by atoms with Crippen molar-refractivity contribution in [3.63, 3.8) is 0 Å². The summed E-state index contributed by atoms with van der Waals surface area (Å²) >= 11 is 0. The molecule has 0 saturated heterocycles. The first-order chi connectivity index (χ1) is 9.26. The van der Waals surface area contributed by atoms with Crippen LogP contribution >= 0.6 is 0 Å². The lowest BCUT2D eigenvalue weighted by Crippen LogP contribution is -2.37. The fourth-order valence-electron chi connectivity index (χ4n) is 2.16. The fraction of sp³-hybridized carbons (Fsp3) is 0.143. The van der Waals surface area contributed by atoms with Gasteiger partial charge < -0.3 is 14.6 Å². The maximum absolute atomic E-state index is 11.7. The van der Waals surface area contributed by atoms with Crippen LogP contribution in [0.1, 0.15) is 11.3 Å². The standard InChI is InChI=1S/C14H11N3O2/c15-7-10-3-4-13-12(6-10)16-14(18)9-17(13)8-11-2-1-5-19-11/h1-6H,8-9H2,(H,16,18). The average Bonchev–Trinajstić information content (AvgIpc) is 2.90. The number of nitriles is 1. The number of hydrogen-bond acceptors (Lipinski definition) is 4. The molecule has 1 aliphatic heterocycles. The molecule has 0 aliphatic carbocycles. The summed E-state index contributed by atoms with van der Waals surface area (Å²) in [4.78, 5) is 13.6. The zero-order valence-electron chi connectivity index (χ0n) is 10.1. The van der Waals surface area contributed by atoms with Crippen LogP contribution in [0.4, 0.5) is 11.4 Å². The van der Waals surface area contributed by atoms with E-state index >= 15 is 0 Å². The molecule has 2 heterocycles. The van der Waals surface area contributed by atoms with Gasteiger partial charge >= 0.3 is 0 Å². The molecule has 0 spiro atoms. The normalized spacial score (nSPS) is 13.6. The fourth-order valence-corrected chi connectivity index (χ4v) is 2.16. The molecule has 1 aliphatic rings. The highest BCUT2D eigenvalue weighted by Gasteiger charge is 2.22. The SMILES string of the molecule is N#Cc1ccc2c(c1)NC(=O)CN2Cc1ccco1. The lowest BCUT2D eigenvalue weighted by Gasteiger charge is -2.30. The quantitative estimate of drug-likeness (QED) is 0.889. The number of rotatable bonds is 2. The van der Waals surface area contributed by atoms with Gasteiger partial charge in [0.25, 0.3) is 0 Å². The van der Waals surface area contributed by atoms with E-state index in [2.05, 4.69) is 11.4 Å². The Morgan fingerprint density at radius 1 is 1.42 bits per heavy atom. The molecule has 0 radical (unpaired) electrons. The van der Waals surface area contributed by atoms with Crippen molar-refractivity contribution >= 4 is 17.3 Å². The lowest BCUT2D eigenvalue weighted by molar-refractivity contribution is -0.115. The number of amides is 1. The third kappa shape index (κ3) is 2.16. The van der Waals surface area contributed by atoms with Crippen molar-refractivity contribution in [3.8, 4) is 6.07 Å². The van der Waals surface area contributed by atoms with E-state index in [9.17, 15) is 4.79 Å². The van der Waals surface area contributed by atoms with Gasteiger partial charge in [-0.2, -0.15) is 5.26 Å². The Morgan fingerprint density at radius 3 is 3.05 bits per heavy atom. The molecule has 2 aromatic rings. The number of nitrogens with one attached hydrogen (secondary N) is 1. The lowest BCUT2D eigenvalue weighted by atomic mass is 10.1. The van der Waals surface area contributed by atoms with Gasteiger partial charge in [-0.15, -0.1) is 0 Å². The molecule has 0 atom stereocenters. The minimum Gasteiger partial charge on any atom is -0.467 e. The Hall–Kier alpha value is -2.74. The van der Waals surface area contributed by atoms with Crippen LogP contribution in [0.2, 0.25) is 0 Å². The molecule has 0 saturated carbocycles. The summed E-state index contributed by atoms with van der Waals surface area (Å²) in [7, 11) is 0. The molecule has 94 valence electrons. The minimum atomic E-state index is -0.0888. The Labute approximate surface area is 110 Å². The van der Waals surface area contributed by atoms with Crippen LogP contribution in [0.25, 0.3) is 0 Å². The highest BCUT2D eigenvalue weighted by atomic mass is 16.3. The monoisotopic (exact) mass is 253 g/mol. The molecule has 3 rings (SSSR count). The van der Waals surface area contributed by atoms with Crippen molar-refractivity contribution in [3.05, 3.63) is 47.9 Å². The zero-order chi connectivity index (χ0) is 13.2. The summed E-state index contributed by atoms with van der Waals surface area (Å²) in [6.07, 6.45) is 1.61. The first kappa shape index (κ1) is 11.4. The third-order valence-electron chi connectivity index (χ3n) is 3.00. The highest BCUT2D eigenvalue weighted by molar-refractivity contribution is 6.01. The smallest absolute Gasteiger partial charge is 0.243 e. The second kappa shape index (κ2) is 4.50. The van der Waals surface area contributed by atoms with Gasteiger partial charge in [0.1, 0.15) is 5.76 Å². The van der Waals surface area contributed by atoms with Crippen molar-refractivity contribution < 1.29 is 9.21 Å². The van der Waals surface area contributed by atoms with Gasteiger partial charge in [-0.3, -0.25) is 4.79 Å². The number of anilines is 2. The second-order valence-corrected chi connectivity index (χ2v) is 4.33. The average molecular weight is 253 g/mol. The van der Waals surface area contributed by atoms with E-state index in [-0.39, 0.29) is 12.5 Å². The number of hydrogen-bond donors (Lipinski definition) is 1. The van der Waals surface area contributed by atoms with Crippen molar-refractivity contribution in [1.29, 1.82) is 5.26 Å². The molecule has 19 heavy (non-hydrogen) atoms. The first-order valence-corrected chi connectivity index (χ1v) is 5.87. The van der Waals surface area contributed by atoms with Crippen molar-refractivity contribution in [2.24, 2.45) is 0 Å². The van der Waals surface area contributed by atoms with E-state index in [0.29, 0.717) is 17.8 Å². The number of fused-ring (bicyclic) bond motifs is 1. The number of benzene rings is 1. The molecule has 1 aromatic carbocycles. The Kier molecular flexibility index (Phi) is 2.69. The van der Waals surface area contributed by atoms with Gasteiger partial charge in [-0.05, 0) is 30.3 Å². The largest absolute Gasteiger partial charge is 0.467 e. The first-order valence-electron chi connectivity index (χ1n) is 5.87. The summed E-state index contributed by atoms with van der Waals surface area (Å²) < 4.78 is 5.31. The summed E-state index contributed by atoms with van der Waals surface area (Å²) in [6, 6.07) is 11.0. The van der Waals surface area contributed by atoms with Gasteiger partial charge in [0.2, 0.25) is 5.91 Å². The van der Waals surface area contributed by atoms with Gasteiger partial charge in [0, 0.05) is 0 Å². The van der Waals surface area contributed by atoms with E-state index in [1.54, 1.807) is 18.4 Å². The van der Waals surface area contributed by atoms with Gasteiger partial charge in [0.15, 0.2) is 0 Å². The van der Waals surface area contributed by atoms with E-state index in [1.165, 1.54) is 0 Å². The van der Waals surface area contributed by atoms with Crippen LogP contribution in [-0.4, -0.2) is 12.5 Å². The second-order valence-electron chi connectivity index (χ2n) is 4.33. The molecular weight excluding hydrogens is 242 g/mol. The van der Waals surface area contributed by atoms with Gasteiger partial charge in [-0.1, -0.05) is 0 Å². The minimum absolute atomic E-state index is 0.0888. The molecule has 1 amide bonds. The number of furan rings is 1. The molecule has 0 bridgehead atoms. The summed E-state index contributed by atoms with van der Waals surface area (Å²) in [5.74, 6) is 0.708. The zero-order valence-corrected chi connectivity index (χ0v) is 10.1. The Bertz CT molecular complexity index is 656. The van der Waals surface area contributed by atoms with E-state index in [4.69, 9.17) is 9.68 Å². The predicted molar refractivity (Wildman–Crippen MR) is 69.5 cm³/mol. The Balaban J connectivity index is 1.96. The van der Waals surface area contributed by atoms with Crippen molar-refractivity contribution in [1.82, 2.24) is 0 Å². The maximum atomic E-state index is 11.7. The molecular formula is C14H11N3O2. The van der Waals surface area contributed by atoms with Crippen molar-refractivity contribution in [2.45, 2.75) is 6.54 Å². The molecule has 1 aromatic heterocycles. The molecule has 5 nitrogen and oxygen atoms in total. The van der Waals surface area contributed by atoms with Crippen LogP contribution in [0.15, 0.2) is 41.0 Å². The molecule has 0 unspecified atom stereocenters. The van der Waals surface area contributed by atoms with Crippen LogP contribution < -0.4 is 10.2 Å². The van der Waals surface area contributed by atoms with Crippen molar-refractivity contribution in [2.75, 3.05) is 16.8 Å². The third-order valence-corrected chi connectivity index (χ3v) is 3.00. The number of carbonyl (C=O) groups excluding carboxylic acids is 1. The maximum Gasteiger partial charge on any atom is 0.243 e. The summed E-state index contributed by atoms with van der Waals surface area (Å²) in [6.45, 7) is 0.804. The van der Waals surface area contributed by atoms with E-state index in [0.717, 1.165) is 11.4 Å². The summed E-state index contributed by atoms with van der Waals surface area (Å²) in [5, 5.41) is 11.7. The van der Waals surface area contributed by atoms with Gasteiger partial charge in [-0.25, -0.2) is 0 Å². The Morgan fingerprint density at radius 2 is 2.32 bits per heavy atom. The number of nitrogens with zero attached hydrogens (tertiary/aromatic N) is 2. The van der Waals surface area contributed by atoms with Crippen LogP contribution in [-0.2, 0) is 11.3 Å². The van der Waals surface area contributed by atoms with Crippen LogP contribution in [0.5, 0.6) is 0 Å². The number of carbonyl (C=O) groups is 1. The predicted octanol–water partition coefficient (Wildman–Crippen LogP) is 2.11. The van der Waals surface area contributed by atoms with Gasteiger partial charge in [0.05, 0.1) is 42.4 Å². The molecule has 5 heteroatoms. The summed E-state index contributed by atoms with van der Waals surface area (Å²) in [5.41, 5.74) is 2.09. The molecule has 0 fully saturated rings. The van der Waals surface area contributed by atoms with E-state index in [1.807, 2.05) is 23.1 Å². The van der Waals surface area contributed by atoms with Crippen LogP contribution in [0.3, 0.4) is 0 Å². The molecule has 1 N–H and O–H groups in total. The van der Waals surface area contributed by atoms with Crippen LogP contribution in [0, 0.1) is 11.3 Å².